The summed E-state index contributed by atoms with van der Waals surface area (Å²) in [4.78, 5) is 2.24. The van der Waals surface area contributed by atoms with E-state index in [2.05, 4.69) is 58.2 Å². The van der Waals surface area contributed by atoms with E-state index in [0.29, 0.717) is 6.54 Å². The van der Waals surface area contributed by atoms with Crippen LogP contribution in [0.1, 0.15) is 32.3 Å². The van der Waals surface area contributed by atoms with E-state index in [1.807, 2.05) is 0 Å². The van der Waals surface area contributed by atoms with Crippen LogP contribution in [0.15, 0.2) is 22.7 Å². The van der Waals surface area contributed by atoms with Gasteiger partial charge >= 0.3 is 0 Å². The highest BCUT2D eigenvalue weighted by molar-refractivity contribution is 9.10. The normalized spacial score (nSPS) is 10.7. The van der Waals surface area contributed by atoms with E-state index in [9.17, 15) is 5.11 Å². The summed E-state index contributed by atoms with van der Waals surface area (Å²) in [6.45, 7) is 8.03. The number of rotatable bonds is 9. The average molecular weight is 329 g/mol. The summed E-state index contributed by atoms with van der Waals surface area (Å²) in [6, 6.07) is 6.45. The van der Waals surface area contributed by atoms with Crippen molar-refractivity contribution in [3.63, 3.8) is 0 Å². The lowest BCUT2D eigenvalue weighted by atomic mass is 10.2. The summed E-state index contributed by atoms with van der Waals surface area (Å²) in [7, 11) is 0. The van der Waals surface area contributed by atoms with E-state index in [1.165, 1.54) is 11.3 Å². The number of aliphatic hydroxyl groups excluding tert-OH is 1. The van der Waals surface area contributed by atoms with Gasteiger partial charge in [-0.3, -0.25) is 0 Å². The highest BCUT2D eigenvalue weighted by Gasteiger charge is 2.09. The van der Waals surface area contributed by atoms with E-state index >= 15 is 0 Å². The van der Waals surface area contributed by atoms with Crippen molar-refractivity contribution in [1.82, 2.24) is 5.32 Å². The van der Waals surface area contributed by atoms with Gasteiger partial charge in [0.15, 0.2) is 0 Å². The molecule has 0 saturated carbocycles. The fourth-order valence-corrected chi connectivity index (χ4v) is 2.69. The Labute approximate surface area is 125 Å². The molecule has 0 fully saturated rings. The zero-order valence-electron chi connectivity index (χ0n) is 12.0. The molecule has 0 aliphatic carbocycles. The zero-order chi connectivity index (χ0) is 14.1. The largest absolute Gasteiger partial charge is 0.395 e. The summed E-state index contributed by atoms with van der Waals surface area (Å²) in [5, 5.41) is 12.5. The van der Waals surface area contributed by atoms with Gasteiger partial charge in [-0.2, -0.15) is 0 Å². The molecule has 0 radical (unpaired) electrons. The molecule has 1 rings (SSSR count). The number of aliphatic hydroxyl groups is 1. The number of benzene rings is 1. The maximum absolute atomic E-state index is 9.19. The molecule has 0 aromatic heterocycles. The lowest BCUT2D eigenvalue weighted by molar-refractivity contribution is 0.301. The second-order valence-corrected chi connectivity index (χ2v) is 5.48. The van der Waals surface area contributed by atoms with Gasteiger partial charge in [-0.05, 0) is 46.6 Å². The molecule has 0 heterocycles. The van der Waals surface area contributed by atoms with Crippen molar-refractivity contribution in [1.29, 1.82) is 0 Å². The van der Waals surface area contributed by atoms with Crippen molar-refractivity contribution < 1.29 is 5.11 Å². The third-order valence-electron chi connectivity index (χ3n) is 3.08. The molecule has 0 spiro atoms. The van der Waals surface area contributed by atoms with Crippen molar-refractivity contribution in [2.24, 2.45) is 0 Å². The van der Waals surface area contributed by atoms with Crippen molar-refractivity contribution in [2.45, 2.75) is 33.2 Å². The van der Waals surface area contributed by atoms with Gasteiger partial charge in [0.1, 0.15) is 0 Å². The van der Waals surface area contributed by atoms with Gasteiger partial charge in [0.2, 0.25) is 0 Å². The van der Waals surface area contributed by atoms with Crippen LogP contribution in [-0.4, -0.2) is 31.3 Å². The lowest BCUT2D eigenvalue weighted by Crippen LogP contribution is -2.28. The van der Waals surface area contributed by atoms with Gasteiger partial charge in [0, 0.05) is 24.1 Å². The minimum Gasteiger partial charge on any atom is -0.395 e. The third-order valence-corrected chi connectivity index (χ3v) is 3.72. The first-order valence-electron chi connectivity index (χ1n) is 7.07. The number of anilines is 1. The average Bonchev–Trinajstić information content (AvgIpc) is 2.41. The number of nitrogens with one attached hydrogen (secondary N) is 1. The van der Waals surface area contributed by atoms with Crippen LogP contribution in [0, 0.1) is 0 Å². The van der Waals surface area contributed by atoms with E-state index in [0.717, 1.165) is 36.9 Å². The molecule has 3 nitrogen and oxygen atoms in total. The quantitative estimate of drug-likeness (QED) is 0.730. The second kappa shape index (κ2) is 9.34. The van der Waals surface area contributed by atoms with Crippen LogP contribution in [0.3, 0.4) is 0 Å². The number of halogens is 1. The predicted molar refractivity (Wildman–Crippen MR) is 85.7 cm³/mol. The Bertz CT molecular complexity index is 371. The van der Waals surface area contributed by atoms with Crippen molar-refractivity contribution in [3.8, 4) is 0 Å². The number of nitrogens with zero attached hydrogens (tertiary/aromatic N) is 1. The van der Waals surface area contributed by atoms with Crippen LogP contribution in [0.2, 0.25) is 0 Å². The van der Waals surface area contributed by atoms with Crippen molar-refractivity contribution in [3.05, 3.63) is 28.2 Å². The Morgan fingerprint density at radius 3 is 2.63 bits per heavy atom. The van der Waals surface area contributed by atoms with Gasteiger partial charge in [-0.1, -0.05) is 26.3 Å². The molecule has 0 unspecified atom stereocenters. The molecule has 108 valence electrons. The number of hydrogen-bond acceptors (Lipinski definition) is 3. The summed E-state index contributed by atoms with van der Waals surface area (Å²) in [6.07, 6.45) is 2.31. The van der Waals surface area contributed by atoms with E-state index in [4.69, 9.17) is 0 Å². The van der Waals surface area contributed by atoms with Crippen molar-refractivity contribution in [2.75, 3.05) is 31.1 Å². The minimum atomic E-state index is 0.190. The third kappa shape index (κ3) is 5.51. The molecule has 0 atom stereocenters. The maximum Gasteiger partial charge on any atom is 0.0606 e. The predicted octanol–water partition coefficient (Wildman–Crippen LogP) is 3.16. The van der Waals surface area contributed by atoms with Gasteiger partial charge in [-0.25, -0.2) is 0 Å². The van der Waals surface area contributed by atoms with Crippen LogP contribution >= 0.6 is 15.9 Å². The Balaban J connectivity index is 2.78. The molecule has 4 heteroatoms. The minimum absolute atomic E-state index is 0.190. The van der Waals surface area contributed by atoms with Gasteiger partial charge in [0.05, 0.1) is 12.3 Å². The van der Waals surface area contributed by atoms with Gasteiger partial charge in [0.25, 0.3) is 0 Å². The molecule has 1 aromatic rings. The molecule has 19 heavy (non-hydrogen) atoms. The first-order chi connectivity index (χ1) is 9.22. The van der Waals surface area contributed by atoms with Crippen LogP contribution in [-0.2, 0) is 6.54 Å². The SMILES string of the molecule is CCCCN(CCO)c1ccc(CNCC)cc1Br. The topological polar surface area (TPSA) is 35.5 Å². The number of hydrogen-bond donors (Lipinski definition) is 2. The molecule has 0 aliphatic heterocycles. The summed E-state index contributed by atoms with van der Waals surface area (Å²) >= 11 is 3.65. The first-order valence-corrected chi connectivity index (χ1v) is 7.87. The molecule has 0 bridgehead atoms. The summed E-state index contributed by atoms with van der Waals surface area (Å²) < 4.78 is 1.10. The van der Waals surface area contributed by atoms with Crippen LogP contribution in [0.5, 0.6) is 0 Å². The number of unbranched alkanes of at least 4 members (excludes halogenated alkanes) is 1. The fourth-order valence-electron chi connectivity index (χ4n) is 2.01. The van der Waals surface area contributed by atoms with E-state index in [1.54, 1.807) is 0 Å². The molecule has 0 saturated heterocycles. The summed E-state index contributed by atoms with van der Waals surface area (Å²) in [5.41, 5.74) is 2.44. The van der Waals surface area contributed by atoms with Crippen LogP contribution in [0.25, 0.3) is 0 Å². The van der Waals surface area contributed by atoms with Crippen molar-refractivity contribution >= 4 is 21.6 Å². The second-order valence-electron chi connectivity index (χ2n) is 4.63. The van der Waals surface area contributed by atoms with Gasteiger partial charge in [-0.15, -0.1) is 0 Å². The molecular formula is C15H25BrN2O. The molecule has 2 N–H and O–H groups in total. The van der Waals surface area contributed by atoms with E-state index < -0.39 is 0 Å². The molecule has 0 aliphatic rings. The summed E-state index contributed by atoms with van der Waals surface area (Å²) in [5.74, 6) is 0. The Hall–Kier alpha value is -0.580. The standard InChI is InChI=1S/C15H25BrN2O/c1-3-5-8-18(9-10-19)15-7-6-13(11-14(15)16)12-17-4-2/h6-7,11,17,19H,3-5,8-10,12H2,1-2H3. The van der Waals surface area contributed by atoms with Gasteiger partial charge < -0.3 is 15.3 Å². The Morgan fingerprint density at radius 2 is 2.05 bits per heavy atom. The highest BCUT2D eigenvalue weighted by Crippen LogP contribution is 2.27. The Kier molecular flexibility index (Phi) is 8.10. The molecular weight excluding hydrogens is 304 g/mol. The maximum atomic E-state index is 9.19. The Morgan fingerprint density at radius 1 is 1.26 bits per heavy atom. The monoisotopic (exact) mass is 328 g/mol. The molecule has 0 amide bonds. The smallest absolute Gasteiger partial charge is 0.0606 e. The highest BCUT2D eigenvalue weighted by atomic mass is 79.9. The zero-order valence-corrected chi connectivity index (χ0v) is 13.5. The van der Waals surface area contributed by atoms with Crippen LogP contribution in [0.4, 0.5) is 5.69 Å². The fraction of sp³-hybridized carbons (Fsp3) is 0.600. The first kappa shape index (κ1) is 16.5. The molecule has 1 aromatic carbocycles. The van der Waals surface area contributed by atoms with Crippen LogP contribution < -0.4 is 10.2 Å². The van der Waals surface area contributed by atoms with E-state index in [-0.39, 0.29) is 6.61 Å². The lowest BCUT2D eigenvalue weighted by Gasteiger charge is -2.25.